The minimum absolute atomic E-state index is 0.0271. The first-order valence-electron chi connectivity index (χ1n) is 7.07. The lowest BCUT2D eigenvalue weighted by atomic mass is 10.0. The standard InChI is InChI=1S/C16H28O2/c1-8-10-11(3)12(9-2)18-14(17)13-15(4,5)16(13,6)7/h10,12-13H,8-9H2,1-7H3. The van der Waals surface area contributed by atoms with Crippen molar-refractivity contribution in [3.8, 4) is 0 Å². The van der Waals surface area contributed by atoms with Gasteiger partial charge in [0.25, 0.3) is 0 Å². The minimum Gasteiger partial charge on any atom is -0.458 e. The van der Waals surface area contributed by atoms with E-state index in [1.807, 2.05) is 6.92 Å². The Labute approximate surface area is 112 Å². The summed E-state index contributed by atoms with van der Waals surface area (Å²) in [5.41, 5.74) is 1.29. The van der Waals surface area contributed by atoms with Gasteiger partial charge in [-0.05, 0) is 36.2 Å². The fraction of sp³-hybridized carbons (Fsp3) is 0.812. The Kier molecular flexibility index (Phi) is 4.30. The fourth-order valence-electron chi connectivity index (χ4n) is 2.95. The van der Waals surface area contributed by atoms with Crippen LogP contribution < -0.4 is 0 Å². The molecule has 18 heavy (non-hydrogen) atoms. The summed E-state index contributed by atoms with van der Waals surface area (Å²) in [6.07, 6.45) is 3.93. The second kappa shape index (κ2) is 5.07. The molecule has 0 heterocycles. The Bertz CT molecular complexity index is 336. The Balaban J connectivity index is 2.69. The van der Waals surface area contributed by atoms with Crippen molar-refractivity contribution in [2.45, 2.75) is 67.4 Å². The molecule has 1 atom stereocenters. The number of hydrogen-bond acceptors (Lipinski definition) is 2. The van der Waals surface area contributed by atoms with Crippen molar-refractivity contribution in [1.82, 2.24) is 0 Å². The van der Waals surface area contributed by atoms with Crippen LogP contribution in [0.5, 0.6) is 0 Å². The highest BCUT2D eigenvalue weighted by atomic mass is 16.5. The van der Waals surface area contributed by atoms with Crippen LogP contribution in [0, 0.1) is 16.7 Å². The molecule has 2 heteroatoms. The molecule has 0 N–H and O–H groups in total. The molecule has 1 saturated carbocycles. The van der Waals surface area contributed by atoms with Crippen LogP contribution in [0.15, 0.2) is 11.6 Å². The molecule has 2 nitrogen and oxygen atoms in total. The quantitative estimate of drug-likeness (QED) is 0.537. The molecular formula is C16H28O2. The lowest BCUT2D eigenvalue weighted by molar-refractivity contribution is -0.150. The number of carbonyl (C=O) groups is 1. The monoisotopic (exact) mass is 252 g/mol. The van der Waals surface area contributed by atoms with Crippen LogP contribution in [0.4, 0.5) is 0 Å². The van der Waals surface area contributed by atoms with Gasteiger partial charge in [0.2, 0.25) is 0 Å². The van der Waals surface area contributed by atoms with E-state index in [9.17, 15) is 4.79 Å². The number of esters is 1. The molecule has 1 fully saturated rings. The average Bonchev–Trinajstić information content (AvgIpc) is 2.66. The molecule has 1 unspecified atom stereocenters. The molecule has 0 aromatic carbocycles. The lowest BCUT2D eigenvalue weighted by Gasteiger charge is -2.18. The maximum absolute atomic E-state index is 12.3. The van der Waals surface area contributed by atoms with Crippen molar-refractivity contribution in [2.75, 3.05) is 0 Å². The summed E-state index contributed by atoms with van der Waals surface area (Å²) in [6.45, 7) is 14.8. The van der Waals surface area contributed by atoms with Crippen LogP contribution in [0.1, 0.15) is 61.3 Å². The third-order valence-corrected chi connectivity index (χ3v) is 4.92. The molecule has 1 aliphatic rings. The molecule has 0 saturated heterocycles. The maximum atomic E-state index is 12.3. The van der Waals surface area contributed by atoms with E-state index in [2.05, 4.69) is 47.6 Å². The van der Waals surface area contributed by atoms with Crippen molar-refractivity contribution in [1.29, 1.82) is 0 Å². The van der Waals surface area contributed by atoms with E-state index in [1.54, 1.807) is 0 Å². The van der Waals surface area contributed by atoms with E-state index in [0.717, 1.165) is 12.8 Å². The lowest BCUT2D eigenvalue weighted by Crippen LogP contribution is -2.21. The van der Waals surface area contributed by atoms with E-state index in [4.69, 9.17) is 4.74 Å². The zero-order valence-corrected chi connectivity index (χ0v) is 13.0. The van der Waals surface area contributed by atoms with Crippen molar-refractivity contribution < 1.29 is 9.53 Å². The van der Waals surface area contributed by atoms with Crippen molar-refractivity contribution in [2.24, 2.45) is 16.7 Å². The number of allylic oxidation sites excluding steroid dienone is 1. The molecule has 0 amide bonds. The van der Waals surface area contributed by atoms with Crippen LogP contribution in [0.25, 0.3) is 0 Å². The van der Waals surface area contributed by atoms with Gasteiger partial charge in [-0.2, -0.15) is 0 Å². The first-order valence-corrected chi connectivity index (χ1v) is 7.07. The number of hydrogen-bond donors (Lipinski definition) is 0. The molecule has 0 aliphatic heterocycles. The minimum atomic E-state index is -0.0513. The van der Waals surface area contributed by atoms with Crippen LogP contribution >= 0.6 is 0 Å². The smallest absolute Gasteiger partial charge is 0.310 e. The normalized spacial score (nSPS) is 23.6. The predicted molar refractivity (Wildman–Crippen MR) is 75.3 cm³/mol. The first-order chi connectivity index (χ1) is 8.20. The van der Waals surface area contributed by atoms with E-state index in [0.29, 0.717) is 0 Å². The third-order valence-electron chi connectivity index (χ3n) is 4.92. The molecule has 0 spiro atoms. The van der Waals surface area contributed by atoms with Gasteiger partial charge in [0, 0.05) is 0 Å². The van der Waals surface area contributed by atoms with E-state index in [1.165, 1.54) is 5.57 Å². The topological polar surface area (TPSA) is 26.3 Å². The third kappa shape index (κ3) is 2.48. The molecule has 0 bridgehead atoms. The van der Waals surface area contributed by atoms with Gasteiger partial charge in [0.1, 0.15) is 6.10 Å². The second-order valence-corrected chi connectivity index (χ2v) is 6.57. The average molecular weight is 252 g/mol. The van der Waals surface area contributed by atoms with Crippen LogP contribution in [0.2, 0.25) is 0 Å². The molecule has 0 radical (unpaired) electrons. The zero-order chi connectivity index (χ0) is 14.1. The van der Waals surface area contributed by atoms with Gasteiger partial charge in [0.15, 0.2) is 0 Å². The largest absolute Gasteiger partial charge is 0.458 e. The van der Waals surface area contributed by atoms with Crippen LogP contribution in [-0.4, -0.2) is 12.1 Å². The molecule has 1 aliphatic carbocycles. The van der Waals surface area contributed by atoms with E-state index < -0.39 is 0 Å². The molecule has 104 valence electrons. The van der Waals surface area contributed by atoms with Gasteiger partial charge in [-0.3, -0.25) is 4.79 Å². The van der Waals surface area contributed by atoms with Crippen LogP contribution in [-0.2, 0) is 9.53 Å². The summed E-state index contributed by atoms with van der Waals surface area (Å²) in [5, 5.41) is 0. The Morgan fingerprint density at radius 1 is 1.22 bits per heavy atom. The SMILES string of the molecule is CCC=C(C)C(CC)OC(=O)C1C(C)(C)C1(C)C. The Morgan fingerprint density at radius 3 is 2.06 bits per heavy atom. The van der Waals surface area contributed by atoms with Gasteiger partial charge >= 0.3 is 5.97 Å². The van der Waals surface area contributed by atoms with E-state index >= 15 is 0 Å². The van der Waals surface area contributed by atoms with E-state index in [-0.39, 0.29) is 28.8 Å². The van der Waals surface area contributed by atoms with Crippen molar-refractivity contribution in [3.05, 3.63) is 11.6 Å². The summed E-state index contributed by atoms with van der Waals surface area (Å²) in [4.78, 5) is 12.3. The van der Waals surface area contributed by atoms with Crippen molar-refractivity contribution in [3.63, 3.8) is 0 Å². The Hall–Kier alpha value is -0.790. The predicted octanol–water partition coefficient (Wildman–Crippen LogP) is 4.35. The number of carbonyl (C=O) groups excluding carboxylic acids is 1. The van der Waals surface area contributed by atoms with Gasteiger partial charge in [-0.1, -0.05) is 47.6 Å². The highest BCUT2D eigenvalue weighted by Gasteiger charge is 2.69. The maximum Gasteiger partial charge on any atom is 0.310 e. The number of rotatable bonds is 5. The summed E-state index contributed by atoms with van der Waals surface area (Å²) < 4.78 is 5.70. The van der Waals surface area contributed by atoms with Crippen molar-refractivity contribution >= 4 is 5.97 Å². The highest BCUT2D eigenvalue weighted by molar-refractivity contribution is 5.79. The fourth-order valence-corrected chi connectivity index (χ4v) is 2.95. The van der Waals surface area contributed by atoms with Crippen LogP contribution in [0.3, 0.4) is 0 Å². The second-order valence-electron chi connectivity index (χ2n) is 6.57. The highest BCUT2D eigenvalue weighted by Crippen LogP contribution is 2.68. The summed E-state index contributed by atoms with van der Waals surface area (Å²) in [7, 11) is 0. The van der Waals surface area contributed by atoms with Gasteiger partial charge in [-0.25, -0.2) is 0 Å². The molecule has 0 aromatic heterocycles. The van der Waals surface area contributed by atoms with Gasteiger partial charge in [-0.15, -0.1) is 0 Å². The number of ether oxygens (including phenoxy) is 1. The summed E-state index contributed by atoms with van der Waals surface area (Å²) in [5.74, 6) is 0.00850. The molecule has 0 aromatic rings. The molecule has 1 rings (SSSR count). The molecular weight excluding hydrogens is 224 g/mol. The van der Waals surface area contributed by atoms with Gasteiger partial charge in [0.05, 0.1) is 5.92 Å². The zero-order valence-electron chi connectivity index (χ0n) is 13.0. The first kappa shape index (κ1) is 15.3. The summed E-state index contributed by atoms with van der Waals surface area (Å²) >= 11 is 0. The van der Waals surface area contributed by atoms with Gasteiger partial charge < -0.3 is 4.74 Å². The Morgan fingerprint density at radius 2 is 1.72 bits per heavy atom. The summed E-state index contributed by atoms with van der Waals surface area (Å²) in [6, 6.07) is 0.